The molecule has 0 amide bonds. The van der Waals surface area contributed by atoms with E-state index in [0.29, 0.717) is 23.9 Å². The molecule has 0 spiro atoms. The molecular weight excluding hydrogens is 258 g/mol. The molecule has 2 atom stereocenters. The van der Waals surface area contributed by atoms with E-state index in [1.807, 2.05) is 12.1 Å². The van der Waals surface area contributed by atoms with Crippen molar-refractivity contribution >= 4 is 11.6 Å². The van der Waals surface area contributed by atoms with Gasteiger partial charge in [-0.15, -0.1) is 0 Å². The van der Waals surface area contributed by atoms with Crippen molar-refractivity contribution in [3.8, 4) is 0 Å². The van der Waals surface area contributed by atoms with E-state index in [0.717, 1.165) is 18.2 Å². The maximum atomic E-state index is 5.92. The third kappa shape index (κ3) is 3.13. The quantitative estimate of drug-likeness (QED) is 0.909. The molecule has 1 N–H and O–H groups in total. The zero-order valence-electron chi connectivity index (χ0n) is 11.4. The first-order valence-corrected chi connectivity index (χ1v) is 7.69. The van der Waals surface area contributed by atoms with Gasteiger partial charge in [0.2, 0.25) is 0 Å². The third-order valence-electron chi connectivity index (χ3n) is 4.65. The Labute approximate surface area is 120 Å². The Morgan fingerprint density at radius 1 is 1.26 bits per heavy atom. The molecule has 1 saturated heterocycles. The molecule has 1 aromatic carbocycles. The highest BCUT2D eigenvalue weighted by molar-refractivity contribution is 6.30. The fourth-order valence-corrected chi connectivity index (χ4v) is 3.34. The van der Waals surface area contributed by atoms with Crippen LogP contribution in [0.3, 0.4) is 0 Å². The molecule has 1 saturated carbocycles. The summed E-state index contributed by atoms with van der Waals surface area (Å²) in [6.07, 6.45) is 3.71. The molecule has 1 aliphatic carbocycles. The van der Waals surface area contributed by atoms with Crippen LogP contribution < -0.4 is 5.32 Å². The van der Waals surface area contributed by atoms with Gasteiger partial charge in [-0.25, -0.2) is 0 Å². The Kier molecular flexibility index (Phi) is 4.11. The first-order chi connectivity index (χ1) is 9.22. The van der Waals surface area contributed by atoms with Crippen molar-refractivity contribution in [2.75, 3.05) is 13.2 Å². The molecule has 3 rings (SSSR count). The lowest BCUT2D eigenvalue weighted by Crippen LogP contribution is -2.47. The van der Waals surface area contributed by atoms with Crippen LogP contribution in [0.4, 0.5) is 0 Å². The Bertz CT molecular complexity index is 407. The lowest BCUT2D eigenvalue weighted by Gasteiger charge is -2.39. The molecule has 2 aliphatic rings. The van der Waals surface area contributed by atoms with Crippen molar-refractivity contribution in [2.24, 2.45) is 5.92 Å². The molecule has 1 aliphatic heterocycles. The second kappa shape index (κ2) is 5.82. The monoisotopic (exact) mass is 279 g/mol. The molecule has 2 nitrogen and oxygen atoms in total. The Hall–Kier alpha value is -0.570. The van der Waals surface area contributed by atoms with E-state index in [-0.39, 0.29) is 0 Å². The van der Waals surface area contributed by atoms with Gasteiger partial charge in [0.25, 0.3) is 0 Å². The Morgan fingerprint density at radius 2 is 2.00 bits per heavy atom. The van der Waals surface area contributed by atoms with E-state index in [2.05, 4.69) is 24.4 Å². The van der Waals surface area contributed by atoms with E-state index < -0.39 is 0 Å². The number of hydrogen-bond acceptors (Lipinski definition) is 2. The van der Waals surface area contributed by atoms with E-state index in [1.54, 1.807) is 0 Å². The van der Waals surface area contributed by atoms with Crippen LogP contribution >= 0.6 is 11.6 Å². The van der Waals surface area contributed by atoms with E-state index in [4.69, 9.17) is 16.3 Å². The van der Waals surface area contributed by atoms with Crippen LogP contribution in [0.1, 0.15) is 37.7 Å². The van der Waals surface area contributed by atoms with Gasteiger partial charge in [-0.1, -0.05) is 23.7 Å². The minimum absolute atomic E-state index is 0.582. The lowest BCUT2D eigenvalue weighted by atomic mass is 9.75. The predicted octanol–water partition coefficient (Wildman–Crippen LogP) is 3.60. The summed E-state index contributed by atoms with van der Waals surface area (Å²) in [5.74, 6) is 1.41. The van der Waals surface area contributed by atoms with Crippen LogP contribution in [0, 0.1) is 5.92 Å². The largest absolute Gasteiger partial charge is 0.381 e. The summed E-state index contributed by atoms with van der Waals surface area (Å²) >= 11 is 5.92. The third-order valence-corrected chi connectivity index (χ3v) is 4.90. The first-order valence-electron chi connectivity index (χ1n) is 7.31. The van der Waals surface area contributed by atoms with Crippen LogP contribution in [-0.4, -0.2) is 25.3 Å². The number of rotatable bonds is 4. The second-order valence-corrected chi connectivity index (χ2v) is 6.43. The van der Waals surface area contributed by atoms with Crippen molar-refractivity contribution < 1.29 is 4.74 Å². The molecule has 2 unspecified atom stereocenters. The molecule has 0 aromatic heterocycles. The van der Waals surface area contributed by atoms with Crippen LogP contribution in [0.2, 0.25) is 5.02 Å². The summed E-state index contributed by atoms with van der Waals surface area (Å²) in [6.45, 7) is 4.17. The van der Waals surface area contributed by atoms with Crippen molar-refractivity contribution in [3.63, 3.8) is 0 Å². The van der Waals surface area contributed by atoms with Crippen LogP contribution in [0.5, 0.6) is 0 Å². The minimum Gasteiger partial charge on any atom is -0.381 e. The molecule has 104 valence electrons. The van der Waals surface area contributed by atoms with Gasteiger partial charge in [0, 0.05) is 23.7 Å². The molecular formula is C16H22ClNO. The topological polar surface area (TPSA) is 21.3 Å². The number of benzene rings is 1. The standard InChI is InChI=1S/C16H22ClNO/c1-11(13-6-7-19-10-13)18-16-8-14(9-16)12-2-4-15(17)5-3-12/h2-5,11,13-14,16,18H,6-10H2,1H3. The van der Waals surface area contributed by atoms with Gasteiger partial charge in [0.05, 0.1) is 6.61 Å². The zero-order valence-corrected chi connectivity index (χ0v) is 12.2. The molecule has 0 radical (unpaired) electrons. The summed E-state index contributed by atoms with van der Waals surface area (Å²) in [7, 11) is 0. The average Bonchev–Trinajstić information content (AvgIpc) is 2.88. The number of hydrogen-bond donors (Lipinski definition) is 1. The van der Waals surface area contributed by atoms with E-state index in [1.165, 1.54) is 24.8 Å². The van der Waals surface area contributed by atoms with Crippen LogP contribution in [0.25, 0.3) is 0 Å². The van der Waals surface area contributed by atoms with Crippen molar-refractivity contribution in [1.82, 2.24) is 5.32 Å². The Balaban J connectivity index is 1.46. The fourth-order valence-electron chi connectivity index (χ4n) is 3.22. The molecule has 2 fully saturated rings. The summed E-state index contributed by atoms with van der Waals surface area (Å²) in [5, 5.41) is 4.59. The van der Waals surface area contributed by atoms with Crippen molar-refractivity contribution in [2.45, 2.75) is 44.2 Å². The normalized spacial score (nSPS) is 32.0. The summed E-state index contributed by atoms with van der Waals surface area (Å²) in [4.78, 5) is 0. The lowest BCUT2D eigenvalue weighted by molar-refractivity contribution is 0.170. The van der Waals surface area contributed by atoms with E-state index >= 15 is 0 Å². The second-order valence-electron chi connectivity index (χ2n) is 6.00. The number of halogens is 1. The highest BCUT2D eigenvalue weighted by atomic mass is 35.5. The zero-order chi connectivity index (χ0) is 13.2. The maximum absolute atomic E-state index is 5.92. The van der Waals surface area contributed by atoms with Gasteiger partial charge in [-0.2, -0.15) is 0 Å². The minimum atomic E-state index is 0.582. The fraction of sp³-hybridized carbons (Fsp3) is 0.625. The van der Waals surface area contributed by atoms with E-state index in [9.17, 15) is 0 Å². The summed E-state index contributed by atoms with van der Waals surface area (Å²) in [6, 6.07) is 9.58. The molecule has 19 heavy (non-hydrogen) atoms. The molecule has 1 aromatic rings. The van der Waals surface area contributed by atoms with Gasteiger partial charge in [-0.05, 0) is 55.7 Å². The number of nitrogens with one attached hydrogen (secondary N) is 1. The Morgan fingerprint density at radius 3 is 2.63 bits per heavy atom. The van der Waals surface area contributed by atoms with Crippen molar-refractivity contribution in [1.29, 1.82) is 0 Å². The van der Waals surface area contributed by atoms with Gasteiger partial charge in [0.15, 0.2) is 0 Å². The number of ether oxygens (including phenoxy) is 1. The summed E-state index contributed by atoms with van der Waals surface area (Å²) < 4.78 is 5.46. The summed E-state index contributed by atoms with van der Waals surface area (Å²) in [5.41, 5.74) is 1.43. The SMILES string of the molecule is CC(NC1CC(c2ccc(Cl)cc2)C1)C1CCOC1. The maximum Gasteiger partial charge on any atom is 0.0509 e. The predicted molar refractivity (Wildman–Crippen MR) is 78.7 cm³/mol. The highest BCUT2D eigenvalue weighted by Gasteiger charge is 2.33. The molecule has 3 heteroatoms. The van der Waals surface area contributed by atoms with Gasteiger partial charge in [-0.3, -0.25) is 0 Å². The van der Waals surface area contributed by atoms with Crippen LogP contribution in [-0.2, 0) is 4.74 Å². The van der Waals surface area contributed by atoms with Gasteiger partial charge in [0.1, 0.15) is 0 Å². The smallest absolute Gasteiger partial charge is 0.0509 e. The molecule has 0 bridgehead atoms. The van der Waals surface area contributed by atoms with Gasteiger partial charge < -0.3 is 10.1 Å². The first kappa shape index (κ1) is 13.4. The highest BCUT2D eigenvalue weighted by Crippen LogP contribution is 2.37. The van der Waals surface area contributed by atoms with Crippen molar-refractivity contribution in [3.05, 3.63) is 34.9 Å². The molecule has 1 heterocycles. The van der Waals surface area contributed by atoms with Gasteiger partial charge >= 0.3 is 0 Å². The van der Waals surface area contributed by atoms with Crippen LogP contribution in [0.15, 0.2) is 24.3 Å². The average molecular weight is 280 g/mol.